The van der Waals surface area contributed by atoms with E-state index in [4.69, 9.17) is 0 Å². The predicted octanol–water partition coefficient (Wildman–Crippen LogP) is 2.24. The van der Waals surface area contributed by atoms with Crippen molar-refractivity contribution in [3.8, 4) is 0 Å². The number of thioether (sulfide) groups is 1. The van der Waals surface area contributed by atoms with Crippen molar-refractivity contribution in [2.75, 3.05) is 5.75 Å². The Morgan fingerprint density at radius 3 is 2.76 bits per heavy atom. The summed E-state index contributed by atoms with van der Waals surface area (Å²) in [6, 6.07) is 6.37. The second kappa shape index (κ2) is 5.63. The Bertz CT molecular complexity index is 539. The van der Waals surface area contributed by atoms with E-state index in [0.29, 0.717) is 5.03 Å². The first-order valence-electron chi connectivity index (χ1n) is 5.16. The van der Waals surface area contributed by atoms with Crippen LogP contribution in [0.25, 0.3) is 0 Å². The number of H-pyrrole nitrogens is 1. The van der Waals surface area contributed by atoms with Gasteiger partial charge in [0, 0.05) is 18.1 Å². The van der Waals surface area contributed by atoms with Gasteiger partial charge in [0.2, 0.25) is 0 Å². The maximum Gasteiger partial charge on any atom is 0.280 e. The SMILES string of the molecule is O=c1[nH]ccnc1SCCc1ccc(F)cc1. The third-order valence-corrected chi connectivity index (χ3v) is 3.19. The Morgan fingerprint density at radius 2 is 2.06 bits per heavy atom. The lowest BCUT2D eigenvalue weighted by atomic mass is 10.2. The average molecular weight is 250 g/mol. The van der Waals surface area contributed by atoms with Crippen molar-refractivity contribution in [3.63, 3.8) is 0 Å². The molecule has 0 aliphatic heterocycles. The van der Waals surface area contributed by atoms with Gasteiger partial charge in [-0.2, -0.15) is 0 Å². The second-order valence-corrected chi connectivity index (χ2v) is 4.53. The summed E-state index contributed by atoms with van der Waals surface area (Å²) >= 11 is 1.40. The molecule has 2 rings (SSSR count). The smallest absolute Gasteiger partial charge is 0.280 e. The second-order valence-electron chi connectivity index (χ2n) is 3.45. The number of benzene rings is 1. The van der Waals surface area contributed by atoms with E-state index in [-0.39, 0.29) is 11.4 Å². The fourth-order valence-corrected chi connectivity index (χ4v) is 2.21. The van der Waals surface area contributed by atoms with Gasteiger partial charge in [-0.05, 0) is 24.1 Å². The van der Waals surface area contributed by atoms with Crippen LogP contribution >= 0.6 is 11.8 Å². The van der Waals surface area contributed by atoms with Crippen molar-refractivity contribution < 1.29 is 4.39 Å². The fraction of sp³-hybridized carbons (Fsp3) is 0.167. The predicted molar refractivity (Wildman–Crippen MR) is 65.7 cm³/mol. The number of aromatic amines is 1. The van der Waals surface area contributed by atoms with E-state index >= 15 is 0 Å². The molecule has 0 spiro atoms. The van der Waals surface area contributed by atoms with Crippen LogP contribution in [0.2, 0.25) is 0 Å². The fourth-order valence-electron chi connectivity index (χ4n) is 1.36. The van der Waals surface area contributed by atoms with E-state index in [1.807, 2.05) is 0 Å². The number of hydrogen-bond acceptors (Lipinski definition) is 3. The van der Waals surface area contributed by atoms with Gasteiger partial charge in [0.15, 0.2) is 5.03 Å². The number of halogens is 1. The molecule has 1 aromatic carbocycles. The highest BCUT2D eigenvalue weighted by Gasteiger charge is 2.01. The zero-order chi connectivity index (χ0) is 12.1. The first-order valence-corrected chi connectivity index (χ1v) is 6.15. The number of hydrogen-bond donors (Lipinski definition) is 1. The van der Waals surface area contributed by atoms with E-state index in [2.05, 4.69) is 9.97 Å². The molecule has 0 radical (unpaired) electrons. The largest absolute Gasteiger partial charge is 0.325 e. The van der Waals surface area contributed by atoms with Crippen molar-refractivity contribution in [1.29, 1.82) is 0 Å². The number of nitrogens with one attached hydrogen (secondary N) is 1. The van der Waals surface area contributed by atoms with Gasteiger partial charge >= 0.3 is 0 Å². The molecule has 0 aliphatic rings. The molecule has 0 saturated carbocycles. The van der Waals surface area contributed by atoms with Crippen molar-refractivity contribution >= 4 is 11.8 Å². The number of aryl methyl sites for hydroxylation is 1. The summed E-state index contributed by atoms with van der Waals surface area (Å²) in [4.78, 5) is 17.9. The normalized spacial score (nSPS) is 10.4. The van der Waals surface area contributed by atoms with Gasteiger partial charge in [0.05, 0.1) is 0 Å². The van der Waals surface area contributed by atoms with E-state index in [0.717, 1.165) is 17.7 Å². The molecule has 2 aromatic rings. The van der Waals surface area contributed by atoms with E-state index in [9.17, 15) is 9.18 Å². The van der Waals surface area contributed by atoms with Crippen molar-refractivity contribution in [2.45, 2.75) is 11.4 Å². The monoisotopic (exact) mass is 250 g/mol. The Balaban J connectivity index is 1.90. The molecule has 0 bridgehead atoms. The molecule has 17 heavy (non-hydrogen) atoms. The van der Waals surface area contributed by atoms with Crippen molar-refractivity contribution in [2.24, 2.45) is 0 Å². The van der Waals surface area contributed by atoms with Gasteiger partial charge < -0.3 is 4.98 Å². The molecule has 0 amide bonds. The van der Waals surface area contributed by atoms with Crippen LogP contribution < -0.4 is 5.56 Å². The van der Waals surface area contributed by atoms with Crippen LogP contribution in [0.15, 0.2) is 46.5 Å². The molecule has 1 aromatic heterocycles. The molecule has 0 unspecified atom stereocenters. The zero-order valence-electron chi connectivity index (χ0n) is 9.02. The molecule has 3 nitrogen and oxygen atoms in total. The van der Waals surface area contributed by atoms with E-state index < -0.39 is 0 Å². The van der Waals surface area contributed by atoms with E-state index in [1.165, 1.54) is 30.1 Å². The Morgan fingerprint density at radius 1 is 1.29 bits per heavy atom. The van der Waals surface area contributed by atoms with Crippen LogP contribution in [0, 0.1) is 5.82 Å². The molecular weight excluding hydrogens is 239 g/mol. The lowest BCUT2D eigenvalue weighted by Gasteiger charge is -2.00. The molecule has 0 atom stereocenters. The zero-order valence-corrected chi connectivity index (χ0v) is 9.84. The Hall–Kier alpha value is -1.62. The third-order valence-electron chi connectivity index (χ3n) is 2.22. The standard InChI is InChI=1S/C12H11FN2OS/c13-10-3-1-9(2-4-10)5-8-17-12-11(16)14-6-7-15-12/h1-4,6-7H,5,8H2,(H,14,16). The minimum Gasteiger partial charge on any atom is -0.325 e. The van der Waals surface area contributed by atoms with Crippen LogP contribution in [0.1, 0.15) is 5.56 Å². The molecular formula is C12H11FN2OS. The summed E-state index contributed by atoms with van der Waals surface area (Å²) in [5.74, 6) is 0.508. The molecule has 0 aliphatic carbocycles. The van der Waals surface area contributed by atoms with Crippen LogP contribution in [0.4, 0.5) is 4.39 Å². The lowest BCUT2D eigenvalue weighted by molar-refractivity contribution is 0.627. The minimum absolute atomic E-state index is 0.170. The highest BCUT2D eigenvalue weighted by Crippen LogP contribution is 2.12. The van der Waals surface area contributed by atoms with Gasteiger partial charge in [-0.1, -0.05) is 12.1 Å². The lowest BCUT2D eigenvalue weighted by Crippen LogP contribution is -2.09. The third kappa shape index (κ3) is 3.42. The number of nitrogens with zero attached hydrogens (tertiary/aromatic N) is 1. The van der Waals surface area contributed by atoms with Gasteiger partial charge in [-0.3, -0.25) is 4.79 Å². The van der Waals surface area contributed by atoms with Gasteiger partial charge in [0.1, 0.15) is 5.82 Å². The maximum atomic E-state index is 12.7. The molecule has 0 saturated heterocycles. The van der Waals surface area contributed by atoms with Crippen LogP contribution in [0.5, 0.6) is 0 Å². The van der Waals surface area contributed by atoms with Gasteiger partial charge in [0.25, 0.3) is 5.56 Å². The van der Waals surface area contributed by atoms with Crippen LogP contribution in [-0.2, 0) is 6.42 Å². The summed E-state index contributed by atoms with van der Waals surface area (Å²) in [6.07, 6.45) is 3.84. The summed E-state index contributed by atoms with van der Waals surface area (Å²) in [5, 5.41) is 0.467. The number of aromatic nitrogens is 2. The highest BCUT2D eigenvalue weighted by molar-refractivity contribution is 7.99. The summed E-state index contributed by atoms with van der Waals surface area (Å²) in [5.41, 5.74) is 0.878. The van der Waals surface area contributed by atoms with Gasteiger partial charge in [-0.25, -0.2) is 9.37 Å². The number of rotatable bonds is 4. The van der Waals surface area contributed by atoms with Crippen molar-refractivity contribution in [3.05, 3.63) is 58.4 Å². The minimum atomic E-state index is -0.234. The molecule has 1 N–H and O–H groups in total. The molecule has 1 heterocycles. The Kier molecular flexibility index (Phi) is 3.93. The summed E-state index contributed by atoms with van der Waals surface area (Å²) in [7, 11) is 0. The first kappa shape index (κ1) is 11.9. The van der Waals surface area contributed by atoms with E-state index in [1.54, 1.807) is 18.3 Å². The summed E-state index contributed by atoms with van der Waals surface area (Å²) < 4.78 is 12.7. The maximum absolute atomic E-state index is 12.7. The Labute approximate surface area is 102 Å². The van der Waals surface area contributed by atoms with Gasteiger partial charge in [-0.15, -0.1) is 11.8 Å². The molecule has 88 valence electrons. The first-order chi connectivity index (χ1) is 8.25. The molecule has 0 fully saturated rings. The van der Waals surface area contributed by atoms with Crippen molar-refractivity contribution in [1.82, 2.24) is 9.97 Å². The highest BCUT2D eigenvalue weighted by atomic mass is 32.2. The summed E-state index contributed by atoms with van der Waals surface area (Å²) in [6.45, 7) is 0. The molecule has 5 heteroatoms. The van der Waals surface area contributed by atoms with Crippen LogP contribution in [-0.4, -0.2) is 15.7 Å². The van der Waals surface area contributed by atoms with Crippen LogP contribution in [0.3, 0.4) is 0 Å². The topological polar surface area (TPSA) is 45.8 Å². The average Bonchev–Trinajstić information content (AvgIpc) is 2.34. The quantitative estimate of drug-likeness (QED) is 0.846.